The summed E-state index contributed by atoms with van der Waals surface area (Å²) in [6.45, 7) is 2.09. The molecule has 316 valence electrons. The van der Waals surface area contributed by atoms with E-state index in [0.717, 1.165) is 38.5 Å². The van der Waals surface area contributed by atoms with Crippen molar-refractivity contribution in [3.05, 3.63) is 108 Å². The lowest BCUT2D eigenvalue weighted by molar-refractivity contribution is -0.139. The van der Waals surface area contributed by atoms with E-state index in [-0.39, 0.29) is 44.6 Å². The largest absolute Gasteiger partial charge is 0.368 e. The number of nitrogens with one attached hydrogen (secondary N) is 6. The number of amides is 6. The smallest absolute Gasteiger partial charge is 0.243 e. The van der Waals surface area contributed by atoms with E-state index in [4.69, 9.17) is 17.2 Å². The molecule has 0 saturated carbocycles. The van der Waals surface area contributed by atoms with Crippen LogP contribution in [0.15, 0.2) is 91.3 Å². The van der Waals surface area contributed by atoms with E-state index in [1.165, 1.54) is 11.8 Å². The summed E-state index contributed by atoms with van der Waals surface area (Å²) in [7, 11) is 0. The molecular weight excluding hydrogens is 765 g/mol. The first kappa shape index (κ1) is 43.1. The molecule has 0 aliphatic carbocycles. The number of unbranched alkanes of at least 4 members (excludes halogenated alkanes) is 1. The van der Waals surface area contributed by atoms with Gasteiger partial charge in [-0.15, -0.1) is 0 Å². The van der Waals surface area contributed by atoms with E-state index in [0.29, 0.717) is 19.4 Å². The van der Waals surface area contributed by atoms with Crippen molar-refractivity contribution in [3.63, 3.8) is 0 Å². The third kappa shape index (κ3) is 10.7. The molecule has 3 heterocycles. The average Bonchev–Trinajstić information content (AvgIpc) is 3.94. The fraction of sp³-hybridized carbons (Fsp3) is 0.364. The zero-order valence-electron chi connectivity index (χ0n) is 33.6. The first-order valence-corrected chi connectivity index (χ1v) is 20.3. The van der Waals surface area contributed by atoms with Crippen molar-refractivity contribution in [3.8, 4) is 0 Å². The Balaban J connectivity index is 1.23. The fourth-order valence-electron chi connectivity index (χ4n) is 7.70. The molecule has 6 rings (SSSR count). The Labute approximate surface area is 347 Å². The molecule has 0 bridgehead atoms. The van der Waals surface area contributed by atoms with E-state index in [1.807, 2.05) is 66.7 Å². The van der Waals surface area contributed by atoms with Crippen molar-refractivity contribution in [1.29, 1.82) is 0 Å². The van der Waals surface area contributed by atoms with Crippen molar-refractivity contribution < 1.29 is 28.8 Å². The van der Waals surface area contributed by atoms with Gasteiger partial charge in [-0.1, -0.05) is 66.7 Å². The second-order valence-corrected chi connectivity index (χ2v) is 15.4. The molecule has 1 fully saturated rings. The second kappa shape index (κ2) is 20.0. The molecule has 6 amide bonds. The summed E-state index contributed by atoms with van der Waals surface area (Å²) in [6.07, 6.45) is 5.37. The number of hydrogen-bond acceptors (Lipinski definition) is 8. The van der Waals surface area contributed by atoms with Gasteiger partial charge in [0.15, 0.2) is 0 Å². The minimum Gasteiger partial charge on any atom is -0.368 e. The molecule has 0 radical (unpaired) electrons. The fourth-order valence-corrected chi connectivity index (χ4v) is 7.70. The third-order valence-electron chi connectivity index (χ3n) is 11.0. The molecule has 3 aromatic carbocycles. The molecule has 0 unspecified atom stereocenters. The first-order valence-electron chi connectivity index (χ1n) is 20.3. The number of carbonyl (C=O) groups excluding carboxylic acids is 6. The first-order chi connectivity index (χ1) is 28.9. The molecule has 5 aromatic rings. The topological polar surface area (TPSA) is 263 Å². The average molecular weight is 819 g/mol. The van der Waals surface area contributed by atoms with Crippen molar-refractivity contribution in [2.45, 2.75) is 88.1 Å². The van der Waals surface area contributed by atoms with Crippen molar-refractivity contribution in [1.82, 2.24) is 36.1 Å². The predicted molar refractivity (Wildman–Crippen MR) is 228 cm³/mol. The van der Waals surface area contributed by atoms with Crippen LogP contribution in [0.3, 0.4) is 0 Å². The maximum Gasteiger partial charge on any atom is 0.243 e. The number of aromatic amines is 2. The van der Waals surface area contributed by atoms with Gasteiger partial charge in [-0.05, 0) is 61.6 Å². The maximum absolute atomic E-state index is 14.4. The van der Waals surface area contributed by atoms with Gasteiger partial charge in [0.25, 0.3) is 0 Å². The number of para-hydroxylation sites is 2. The molecule has 2 aromatic heterocycles. The van der Waals surface area contributed by atoms with Crippen LogP contribution in [0.2, 0.25) is 0 Å². The van der Waals surface area contributed by atoms with E-state index in [9.17, 15) is 28.8 Å². The van der Waals surface area contributed by atoms with Crippen molar-refractivity contribution in [2.75, 3.05) is 13.1 Å². The molecule has 16 nitrogen and oxygen atoms in total. The van der Waals surface area contributed by atoms with Gasteiger partial charge >= 0.3 is 0 Å². The number of rotatable bonds is 20. The van der Waals surface area contributed by atoms with E-state index in [2.05, 4.69) is 31.2 Å². The molecule has 1 aliphatic rings. The normalized spacial score (nSPS) is 16.5. The van der Waals surface area contributed by atoms with Gasteiger partial charge < -0.3 is 53.3 Å². The van der Waals surface area contributed by atoms with Crippen LogP contribution >= 0.6 is 0 Å². The number of hydrogen-bond donors (Lipinski definition) is 9. The van der Waals surface area contributed by atoms with Gasteiger partial charge in [-0.2, -0.15) is 0 Å². The zero-order valence-corrected chi connectivity index (χ0v) is 33.6. The molecular formula is C44H54N10O6. The van der Waals surface area contributed by atoms with Gasteiger partial charge in [-0.25, -0.2) is 0 Å². The SMILES string of the molecule is C[C@H](NC(=O)[C@@H](Cc1c[nH]c2ccccc12)N1C[C@H](N)CC1=O)C(=O)N[C@@H](Cc1c[nH]c2ccccc12)C(=O)N[C@H](Cc1ccccc1)C(=O)N[C@@H](CCCCN)C(N)=O. The molecule has 16 heteroatoms. The van der Waals surface area contributed by atoms with Crippen molar-refractivity contribution >= 4 is 57.2 Å². The van der Waals surface area contributed by atoms with Crippen LogP contribution in [-0.2, 0) is 48.0 Å². The van der Waals surface area contributed by atoms with Crippen molar-refractivity contribution in [2.24, 2.45) is 17.2 Å². The number of nitrogens with zero attached hydrogens (tertiary/aromatic N) is 1. The number of nitrogens with two attached hydrogens (primary N) is 3. The number of likely N-dealkylation sites (tertiary alicyclic amines) is 1. The second-order valence-electron chi connectivity index (χ2n) is 15.4. The van der Waals surface area contributed by atoms with Gasteiger partial charge in [0.05, 0.1) is 0 Å². The highest BCUT2D eigenvalue weighted by Crippen LogP contribution is 2.24. The van der Waals surface area contributed by atoms with Crippen LogP contribution < -0.4 is 38.5 Å². The standard InChI is InChI=1S/C44H54N10O6/c1-26(50-44(60)38(54-25-30(46)22-39(54)55)21-29-24-49-34-16-8-6-14-32(29)34)41(57)52-37(20-28-23-48-33-15-7-5-13-31(28)33)43(59)53-36(19-27-11-3-2-4-12-27)42(58)51-35(40(47)56)17-9-10-18-45/h2-8,11-16,23-24,26,30,35-38,48-49H,9-10,17-22,25,45-46H2,1H3,(H2,47,56)(H,50,60)(H,51,58)(H,52,57)(H,53,59)/t26-,30+,35-,36+,37-,38+/m0/s1. The zero-order chi connectivity index (χ0) is 42.8. The van der Waals surface area contributed by atoms with Gasteiger partial charge in [0.1, 0.15) is 30.2 Å². The summed E-state index contributed by atoms with van der Waals surface area (Å²) in [4.78, 5) is 89.7. The number of H-pyrrole nitrogens is 2. The Morgan fingerprint density at radius 2 is 1.25 bits per heavy atom. The summed E-state index contributed by atoms with van der Waals surface area (Å²) in [5.41, 5.74) is 21.4. The number of aromatic nitrogens is 2. The highest BCUT2D eigenvalue weighted by Gasteiger charge is 2.38. The summed E-state index contributed by atoms with van der Waals surface area (Å²) in [5, 5.41) is 12.9. The Morgan fingerprint density at radius 3 is 1.83 bits per heavy atom. The van der Waals surface area contributed by atoms with Crippen LogP contribution in [0.1, 0.15) is 49.3 Å². The van der Waals surface area contributed by atoms with E-state index in [1.54, 1.807) is 24.5 Å². The lowest BCUT2D eigenvalue weighted by Gasteiger charge is -2.29. The Hall–Kier alpha value is -6.52. The summed E-state index contributed by atoms with van der Waals surface area (Å²) >= 11 is 0. The molecule has 1 aliphatic heterocycles. The highest BCUT2D eigenvalue weighted by atomic mass is 16.2. The lowest BCUT2D eigenvalue weighted by Crippen LogP contribution is -2.59. The quantitative estimate of drug-likeness (QED) is 0.0514. The van der Waals surface area contributed by atoms with Gasteiger partial charge in [-0.3, -0.25) is 28.8 Å². The minimum atomic E-state index is -1.22. The predicted octanol–water partition coefficient (Wildman–Crippen LogP) is 1.18. The van der Waals surface area contributed by atoms with E-state index < -0.39 is 65.8 Å². The Morgan fingerprint density at radius 1 is 0.700 bits per heavy atom. The van der Waals surface area contributed by atoms with Crippen LogP contribution in [0.5, 0.6) is 0 Å². The lowest BCUT2D eigenvalue weighted by atomic mass is 10.0. The highest BCUT2D eigenvalue weighted by molar-refractivity contribution is 5.97. The molecule has 6 atom stereocenters. The summed E-state index contributed by atoms with van der Waals surface area (Å²) in [6, 6.07) is 18.3. The summed E-state index contributed by atoms with van der Waals surface area (Å²) in [5.74, 6) is -3.50. The molecule has 60 heavy (non-hydrogen) atoms. The minimum absolute atomic E-state index is 0.0221. The number of fused-ring (bicyclic) bond motifs is 2. The molecule has 12 N–H and O–H groups in total. The molecule has 0 spiro atoms. The Bertz CT molecular complexity index is 2310. The van der Waals surface area contributed by atoms with Crippen LogP contribution in [0, 0.1) is 0 Å². The molecule has 1 saturated heterocycles. The third-order valence-corrected chi connectivity index (χ3v) is 11.0. The van der Waals surface area contributed by atoms with Crippen LogP contribution in [0.25, 0.3) is 21.8 Å². The number of carbonyl (C=O) groups is 6. The van der Waals surface area contributed by atoms with Gasteiger partial charge in [0, 0.05) is 72.5 Å². The van der Waals surface area contributed by atoms with Crippen LogP contribution in [-0.4, -0.2) is 99.7 Å². The van der Waals surface area contributed by atoms with E-state index >= 15 is 0 Å². The Kier molecular flexibility index (Phi) is 14.3. The summed E-state index contributed by atoms with van der Waals surface area (Å²) < 4.78 is 0. The number of benzene rings is 3. The van der Waals surface area contributed by atoms with Gasteiger partial charge in [0.2, 0.25) is 35.4 Å². The number of primary amides is 1. The van der Waals surface area contributed by atoms with Crippen LogP contribution in [0.4, 0.5) is 0 Å². The monoisotopic (exact) mass is 818 g/mol. The maximum atomic E-state index is 14.4.